The molecular formula is C44H64N6O11. The molecule has 0 saturated carbocycles. The van der Waals surface area contributed by atoms with Gasteiger partial charge in [-0.15, -0.1) is 0 Å². The summed E-state index contributed by atoms with van der Waals surface area (Å²) in [5.41, 5.74) is -3.73. The first-order valence-corrected chi connectivity index (χ1v) is 21.4. The van der Waals surface area contributed by atoms with Gasteiger partial charge in [-0.1, -0.05) is 33.8 Å². The molecule has 0 spiro atoms. The van der Waals surface area contributed by atoms with Crippen LogP contribution in [0.5, 0.6) is 0 Å². The van der Waals surface area contributed by atoms with E-state index in [-0.39, 0.29) is 50.5 Å². The summed E-state index contributed by atoms with van der Waals surface area (Å²) in [4.78, 5) is 58.4. The molecule has 2 N–H and O–H groups in total. The van der Waals surface area contributed by atoms with Crippen molar-refractivity contribution < 1.29 is 53.0 Å². The molecule has 7 rings (SSSR count). The lowest BCUT2D eigenvalue weighted by molar-refractivity contribution is -0.296. The van der Waals surface area contributed by atoms with Crippen molar-refractivity contribution in [2.24, 2.45) is 33.7 Å². The molecule has 2 aromatic heterocycles. The zero-order valence-electron chi connectivity index (χ0n) is 37.3. The number of ether oxygens (including phenoxy) is 6. The van der Waals surface area contributed by atoms with Crippen LogP contribution in [0.2, 0.25) is 0 Å². The summed E-state index contributed by atoms with van der Waals surface area (Å²) in [6.45, 7) is 14.8. The first-order chi connectivity index (χ1) is 28.7. The molecule has 336 valence electrons. The lowest BCUT2D eigenvalue weighted by atomic mass is 9.73. The third-order valence-corrected chi connectivity index (χ3v) is 12.9. The fourth-order valence-electron chi connectivity index (χ4n) is 9.63. The highest BCUT2D eigenvalue weighted by Crippen LogP contribution is 2.45. The number of aliphatic hydroxyl groups excluding tert-OH is 1. The average molecular weight is 853 g/mol. The number of pyridine rings is 1. The number of aliphatic hydroxyl groups is 2. The Kier molecular flexibility index (Phi) is 14.2. The van der Waals surface area contributed by atoms with Crippen LogP contribution in [0.3, 0.4) is 0 Å². The Hall–Kier alpha value is -3.81. The van der Waals surface area contributed by atoms with E-state index in [4.69, 9.17) is 33.4 Å². The van der Waals surface area contributed by atoms with Gasteiger partial charge in [-0.25, -0.2) is 19.7 Å². The van der Waals surface area contributed by atoms with E-state index < -0.39 is 89.0 Å². The second-order valence-electron chi connectivity index (χ2n) is 18.0. The van der Waals surface area contributed by atoms with Crippen LogP contribution in [0, 0.1) is 23.7 Å². The molecule has 5 aliphatic heterocycles. The first kappa shape index (κ1) is 46.7. The molecule has 4 bridgehead atoms. The van der Waals surface area contributed by atoms with Gasteiger partial charge in [0.15, 0.2) is 17.9 Å². The summed E-state index contributed by atoms with van der Waals surface area (Å²) in [5.74, 6) is -5.08. The molecule has 7 heterocycles. The molecule has 5 aliphatic rings. The molecule has 17 heteroatoms. The Morgan fingerprint density at radius 2 is 1.85 bits per heavy atom. The molecule has 1 unspecified atom stereocenters. The lowest BCUT2D eigenvalue weighted by Gasteiger charge is -2.48. The van der Waals surface area contributed by atoms with Crippen LogP contribution < -0.4 is 0 Å². The number of likely N-dealkylation sites (N-methyl/N-ethyl adjacent to an activating group) is 1. The van der Waals surface area contributed by atoms with Gasteiger partial charge in [-0.3, -0.25) is 14.4 Å². The van der Waals surface area contributed by atoms with Gasteiger partial charge < -0.3 is 43.5 Å². The van der Waals surface area contributed by atoms with Crippen molar-refractivity contribution >= 4 is 29.1 Å². The van der Waals surface area contributed by atoms with E-state index in [1.54, 1.807) is 49.3 Å². The summed E-state index contributed by atoms with van der Waals surface area (Å²) in [6.07, 6.45) is -0.0781. The molecule has 0 aromatic carbocycles. The van der Waals surface area contributed by atoms with Gasteiger partial charge in [0.25, 0.3) is 0 Å². The number of carbonyl (C=O) groups excluding carboxylic acids is 3. The minimum atomic E-state index is -1.88. The normalized spacial score (nSPS) is 39.6. The second-order valence-corrected chi connectivity index (χ2v) is 18.0. The number of esters is 1. The molecule has 3 fully saturated rings. The molecule has 1 amide bonds. The number of rotatable bonds is 8. The van der Waals surface area contributed by atoms with E-state index >= 15 is 0 Å². The second kappa shape index (κ2) is 18.5. The average Bonchev–Trinajstić information content (AvgIpc) is 3.72. The highest BCUT2D eigenvalue weighted by molar-refractivity contribution is 6.04. The fourth-order valence-corrected chi connectivity index (χ4v) is 9.63. The van der Waals surface area contributed by atoms with E-state index in [1.165, 1.54) is 20.8 Å². The highest BCUT2D eigenvalue weighted by atomic mass is 16.7. The van der Waals surface area contributed by atoms with Gasteiger partial charge in [0.05, 0.1) is 55.2 Å². The number of fused-ring (bicyclic) bond motifs is 11. The Balaban J connectivity index is 1.53. The minimum Gasteiger partial charge on any atom is -0.459 e. The molecule has 3 saturated heterocycles. The number of amides is 1. The number of hydrogen-bond donors (Lipinski definition) is 2. The number of nitrogens with zero attached hydrogens (tertiary/aromatic N) is 6. The smallest absolute Gasteiger partial charge is 0.316 e. The van der Waals surface area contributed by atoms with Gasteiger partial charge in [0.1, 0.15) is 23.7 Å². The summed E-state index contributed by atoms with van der Waals surface area (Å²) in [7, 11) is 3.74. The number of aromatic nitrogens is 3. The van der Waals surface area contributed by atoms with Gasteiger partial charge in [-0.05, 0) is 78.7 Å². The summed E-state index contributed by atoms with van der Waals surface area (Å²) < 4.78 is 41.3. The monoisotopic (exact) mass is 852 g/mol. The van der Waals surface area contributed by atoms with Crippen molar-refractivity contribution in [3.63, 3.8) is 0 Å². The maximum absolute atomic E-state index is 14.6. The highest BCUT2D eigenvalue weighted by Gasteiger charge is 2.59. The van der Waals surface area contributed by atoms with Gasteiger partial charge in [0, 0.05) is 49.3 Å². The van der Waals surface area contributed by atoms with Crippen molar-refractivity contribution in [2.75, 3.05) is 27.3 Å². The zero-order valence-corrected chi connectivity index (χ0v) is 37.3. The predicted molar refractivity (Wildman–Crippen MR) is 223 cm³/mol. The third-order valence-electron chi connectivity index (χ3n) is 12.9. The van der Waals surface area contributed by atoms with Crippen LogP contribution in [0.25, 0.3) is 5.82 Å². The van der Waals surface area contributed by atoms with Crippen LogP contribution >= 0.6 is 0 Å². The molecule has 61 heavy (non-hydrogen) atoms. The van der Waals surface area contributed by atoms with Crippen molar-refractivity contribution in [2.45, 2.75) is 148 Å². The zero-order chi connectivity index (χ0) is 44.6. The number of hydrogen-bond acceptors (Lipinski definition) is 15. The summed E-state index contributed by atoms with van der Waals surface area (Å²) >= 11 is 0. The summed E-state index contributed by atoms with van der Waals surface area (Å²) in [6, 6.07) is 5.13. The van der Waals surface area contributed by atoms with E-state index in [1.807, 2.05) is 52.8 Å². The fraction of sp³-hybridized carbons (Fsp3) is 0.705. The van der Waals surface area contributed by atoms with Crippen LogP contribution in [0.4, 0.5) is 0 Å². The quantitative estimate of drug-likeness (QED) is 0.288. The Morgan fingerprint density at radius 3 is 2.48 bits per heavy atom. The molecular weight excluding hydrogens is 789 g/mol. The van der Waals surface area contributed by atoms with E-state index in [0.717, 1.165) is 0 Å². The third kappa shape index (κ3) is 9.44. The van der Waals surface area contributed by atoms with E-state index in [9.17, 15) is 24.6 Å². The molecule has 0 aliphatic carbocycles. The van der Waals surface area contributed by atoms with Crippen molar-refractivity contribution in [3.8, 4) is 5.82 Å². The first-order valence-electron chi connectivity index (χ1n) is 21.4. The lowest BCUT2D eigenvalue weighted by Crippen LogP contribution is -2.61. The predicted octanol–water partition coefficient (Wildman–Crippen LogP) is 3.50. The Labute approximate surface area is 358 Å². The maximum atomic E-state index is 14.6. The summed E-state index contributed by atoms with van der Waals surface area (Å²) in [5, 5.41) is 28.6. The Morgan fingerprint density at radius 1 is 1.11 bits per heavy atom. The standard InChI is InChI=1S/C44H64N6O11/c1-12-33-43(9,55)39-28(6)44(58-21-30-14-15-34(45-20-30)50-17-13-16-46-50)37(47-29(7)51)24(2)19-42(8,57-23-31(48-44)22-56-39)38(26(4)35(52)27(5)40(54)60-33)61-41-36(53)32(49(10)11)18-25(3)59-41/h13-17,20,24-28,32-33,36,38-39,41,53,55H,12,18-19,21-23H2,1-11H3/b47-37+/t24-,25-,26+,27-,28-,32+,33-,36-,38-,39-,41+,42-,43-,44?/m1/s1. The van der Waals surface area contributed by atoms with Gasteiger partial charge >= 0.3 is 5.97 Å². The SMILES string of the molecule is CC[C@H]1OC(=O)[C@H](C)C(=O)[C@H](C)[C@@H](O[C@@H]2O[C@H](C)C[C@H](N(C)C)[C@H]2O)[C@@]2(C)C[C@@H](C)/C(=N\C(C)=O)C3(OCc4ccc(-n5cccn5)nc4)N=C(CO[C@H]([C@H]3C)[C@]1(C)O)CO2. The Bertz CT molecular complexity index is 1940. The van der Waals surface area contributed by atoms with E-state index in [2.05, 4.69) is 15.1 Å². The number of Topliss-reactive ketones (excluding diaryl/α,β-unsaturated/α-hetero) is 1. The number of carbonyl (C=O) groups is 3. The van der Waals surface area contributed by atoms with Crippen LogP contribution in [0.1, 0.15) is 87.1 Å². The molecule has 0 radical (unpaired) electrons. The van der Waals surface area contributed by atoms with Crippen LogP contribution in [-0.4, -0.2) is 146 Å². The van der Waals surface area contributed by atoms with Crippen molar-refractivity contribution in [1.82, 2.24) is 19.7 Å². The number of ketones is 1. The largest absolute Gasteiger partial charge is 0.459 e. The van der Waals surface area contributed by atoms with Crippen LogP contribution in [0.15, 0.2) is 46.8 Å². The molecule has 14 atom stereocenters. The maximum Gasteiger partial charge on any atom is 0.316 e. The number of aliphatic imine (C=N–C) groups is 2. The van der Waals surface area contributed by atoms with Gasteiger partial charge in [0.2, 0.25) is 11.6 Å². The van der Waals surface area contributed by atoms with Crippen LogP contribution in [-0.2, 0) is 49.4 Å². The molecule has 17 nitrogen and oxygen atoms in total. The topological polar surface area (TPSA) is 206 Å². The van der Waals surface area contributed by atoms with Gasteiger partial charge in [-0.2, -0.15) is 5.10 Å². The minimum absolute atomic E-state index is 0.0484. The van der Waals surface area contributed by atoms with Crippen molar-refractivity contribution in [3.05, 3.63) is 42.4 Å². The van der Waals surface area contributed by atoms with Crippen molar-refractivity contribution in [1.29, 1.82) is 0 Å². The molecule has 2 aromatic rings. The van der Waals surface area contributed by atoms with E-state index in [0.29, 0.717) is 23.5 Å².